The van der Waals surface area contributed by atoms with Gasteiger partial charge in [-0.3, -0.25) is 14.7 Å². The summed E-state index contributed by atoms with van der Waals surface area (Å²) in [7, 11) is 0. The van der Waals surface area contributed by atoms with Crippen LogP contribution in [0.1, 0.15) is 22.3 Å². The molecule has 6 nitrogen and oxygen atoms in total. The van der Waals surface area contributed by atoms with Crippen LogP contribution in [0.3, 0.4) is 0 Å². The first-order valence-electron chi connectivity index (χ1n) is 10.0. The summed E-state index contributed by atoms with van der Waals surface area (Å²) in [6, 6.07) is 13.7. The Hall–Kier alpha value is -3.45. The largest absolute Gasteiger partial charge is 0.454 e. The molecule has 1 amide bonds. The molecule has 3 heterocycles. The number of carbonyl (C=O) groups is 1. The average Bonchev–Trinajstić information content (AvgIpc) is 3.39. The summed E-state index contributed by atoms with van der Waals surface area (Å²) in [5.74, 6) is 1.35. The van der Waals surface area contributed by atoms with Gasteiger partial charge in [-0.15, -0.1) is 0 Å². The Morgan fingerprint density at radius 1 is 1.10 bits per heavy atom. The van der Waals surface area contributed by atoms with Crippen LogP contribution >= 0.6 is 11.3 Å². The first kappa shape index (κ1) is 19.5. The van der Waals surface area contributed by atoms with Crippen molar-refractivity contribution in [2.45, 2.75) is 26.8 Å². The van der Waals surface area contributed by atoms with E-state index in [0.29, 0.717) is 23.2 Å². The number of ether oxygens (including phenoxy) is 2. The van der Waals surface area contributed by atoms with E-state index in [9.17, 15) is 4.79 Å². The van der Waals surface area contributed by atoms with Crippen molar-refractivity contribution >= 4 is 32.6 Å². The van der Waals surface area contributed by atoms with Crippen molar-refractivity contribution in [2.75, 3.05) is 11.7 Å². The highest BCUT2D eigenvalue weighted by Gasteiger charge is 2.22. The van der Waals surface area contributed by atoms with Gasteiger partial charge in [-0.05, 0) is 60.4 Å². The first-order chi connectivity index (χ1) is 15.1. The number of hydrogen-bond donors (Lipinski definition) is 0. The summed E-state index contributed by atoms with van der Waals surface area (Å²) in [5.41, 5.74) is 5.08. The van der Waals surface area contributed by atoms with Gasteiger partial charge in [0, 0.05) is 12.4 Å². The smallest absolute Gasteiger partial charge is 0.233 e. The standard InChI is InChI=1S/C24H21N3O3S/c1-15-8-16(2)23-19(9-15)26-24(31-23)27(13-18-4-3-7-25-12-18)22(28)11-17-5-6-20-21(10-17)30-14-29-20/h3-10,12H,11,13-14H2,1-2H3. The van der Waals surface area contributed by atoms with Gasteiger partial charge in [0.1, 0.15) is 0 Å². The number of amides is 1. The minimum atomic E-state index is -0.0313. The van der Waals surface area contributed by atoms with Crippen LogP contribution in [0.5, 0.6) is 11.5 Å². The van der Waals surface area contributed by atoms with Crippen molar-refractivity contribution in [3.05, 3.63) is 77.1 Å². The first-order valence-corrected chi connectivity index (χ1v) is 10.8. The molecule has 31 heavy (non-hydrogen) atoms. The van der Waals surface area contributed by atoms with E-state index < -0.39 is 0 Å². The van der Waals surface area contributed by atoms with Gasteiger partial charge in [-0.1, -0.05) is 29.5 Å². The second-order valence-corrected chi connectivity index (χ2v) is 8.61. The fraction of sp³-hybridized carbons (Fsp3) is 0.208. The third kappa shape index (κ3) is 3.96. The maximum Gasteiger partial charge on any atom is 0.233 e. The van der Waals surface area contributed by atoms with E-state index in [-0.39, 0.29) is 19.1 Å². The molecule has 0 fully saturated rings. The van der Waals surface area contributed by atoms with Gasteiger partial charge >= 0.3 is 0 Å². The molecule has 0 radical (unpaired) electrons. The number of aryl methyl sites for hydroxylation is 2. The van der Waals surface area contributed by atoms with Crippen molar-refractivity contribution in [3.63, 3.8) is 0 Å². The summed E-state index contributed by atoms with van der Waals surface area (Å²) in [4.78, 5) is 24.2. The highest BCUT2D eigenvalue weighted by Crippen LogP contribution is 2.35. The maximum absolute atomic E-state index is 13.4. The Balaban J connectivity index is 1.49. The molecule has 156 valence electrons. The van der Waals surface area contributed by atoms with E-state index in [1.807, 2.05) is 30.3 Å². The molecule has 0 atom stereocenters. The highest BCUT2D eigenvalue weighted by atomic mass is 32.1. The van der Waals surface area contributed by atoms with Crippen molar-refractivity contribution in [1.29, 1.82) is 0 Å². The molecule has 1 aliphatic heterocycles. The minimum absolute atomic E-state index is 0.0313. The number of aromatic nitrogens is 2. The van der Waals surface area contributed by atoms with Gasteiger partial charge in [0.25, 0.3) is 0 Å². The fourth-order valence-corrected chi connectivity index (χ4v) is 4.77. The number of pyridine rings is 1. The van der Waals surface area contributed by atoms with Gasteiger partial charge < -0.3 is 9.47 Å². The van der Waals surface area contributed by atoms with Crippen molar-refractivity contribution < 1.29 is 14.3 Å². The number of rotatable bonds is 5. The molecular weight excluding hydrogens is 410 g/mol. The average molecular weight is 432 g/mol. The van der Waals surface area contributed by atoms with Gasteiger partial charge in [0.15, 0.2) is 16.6 Å². The monoisotopic (exact) mass is 431 g/mol. The lowest BCUT2D eigenvalue weighted by Gasteiger charge is -2.20. The summed E-state index contributed by atoms with van der Waals surface area (Å²) < 4.78 is 11.9. The molecule has 2 aromatic carbocycles. The van der Waals surface area contributed by atoms with Crippen LogP contribution in [0.2, 0.25) is 0 Å². The van der Waals surface area contributed by atoms with Crippen LogP contribution in [0.4, 0.5) is 5.13 Å². The maximum atomic E-state index is 13.4. The van der Waals surface area contributed by atoms with Gasteiger partial charge in [0.2, 0.25) is 12.7 Å². The third-order valence-electron chi connectivity index (χ3n) is 5.20. The van der Waals surface area contributed by atoms with Crippen LogP contribution < -0.4 is 14.4 Å². The van der Waals surface area contributed by atoms with Gasteiger partial charge in [0.05, 0.1) is 23.2 Å². The van der Waals surface area contributed by atoms with E-state index in [4.69, 9.17) is 14.5 Å². The van der Waals surface area contributed by atoms with E-state index >= 15 is 0 Å². The Labute approximate surface area is 184 Å². The summed E-state index contributed by atoms with van der Waals surface area (Å²) in [6.07, 6.45) is 3.75. The zero-order chi connectivity index (χ0) is 21.4. The summed E-state index contributed by atoms with van der Waals surface area (Å²) in [5, 5.41) is 0.693. The Kier molecular flexibility index (Phi) is 5.03. The molecule has 1 aliphatic rings. The molecule has 0 aliphatic carbocycles. The number of anilines is 1. The Morgan fingerprint density at radius 3 is 2.81 bits per heavy atom. The highest BCUT2D eigenvalue weighted by molar-refractivity contribution is 7.22. The molecular formula is C24H21N3O3S. The zero-order valence-electron chi connectivity index (χ0n) is 17.3. The van der Waals surface area contributed by atoms with E-state index in [0.717, 1.165) is 26.9 Å². The number of hydrogen-bond acceptors (Lipinski definition) is 6. The lowest BCUT2D eigenvalue weighted by Crippen LogP contribution is -2.31. The molecule has 0 unspecified atom stereocenters. The quantitative estimate of drug-likeness (QED) is 0.454. The van der Waals surface area contributed by atoms with Crippen LogP contribution in [0, 0.1) is 13.8 Å². The molecule has 0 spiro atoms. The number of fused-ring (bicyclic) bond motifs is 2. The van der Waals surface area contributed by atoms with E-state index in [2.05, 4.69) is 31.0 Å². The second-order valence-electron chi connectivity index (χ2n) is 7.63. The normalized spacial score (nSPS) is 12.3. The number of thiazole rings is 1. The van der Waals surface area contributed by atoms with E-state index in [1.54, 1.807) is 28.6 Å². The van der Waals surface area contributed by atoms with Gasteiger partial charge in [-0.2, -0.15) is 0 Å². The van der Waals surface area contributed by atoms with Crippen molar-refractivity contribution in [3.8, 4) is 11.5 Å². The number of benzene rings is 2. The lowest BCUT2D eigenvalue weighted by atomic mass is 10.1. The molecule has 4 aromatic rings. The summed E-state index contributed by atoms with van der Waals surface area (Å²) in [6.45, 7) is 4.76. The molecule has 2 aromatic heterocycles. The third-order valence-corrected chi connectivity index (χ3v) is 6.43. The van der Waals surface area contributed by atoms with Gasteiger partial charge in [-0.25, -0.2) is 4.98 Å². The SMILES string of the molecule is Cc1cc(C)c2sc(N(Cc3cccnc3)C(=O)Cc3ccc4c(c3)OCO4)nc2c1. The second kappa shape index (κ2) is 8.00. The predicted molar refractivity (Wildman–Crippen MR) is 121 cm³/mol. The van der Waals surface area contributed by atoms with Crippen LogP contribution in [0.15, 0.2) is 54.9 Å². The van der Waals surface area contributed by atoms with Crippen LogP contribution in [-0.2, 0) is 17.8 Å². The summed E-state index contributed by atoms with van der Waals surface area (Å²) >= 11 is 1.55. The minimum Gasteiger partial charge on any atom is -0.454 e. The van der Waals surface area contributed by atoms with Crippen molar-refractivity contribution in [1.82, 2.24) is 9.97 Å². The Morgan fingerprint density at radius 2 is 1.97 bits per heavy atom. The lowest BCUT2D eigenvalue weighted by molar-refractivity contribution is -0.118. The fourth-order valence-electron chi connectivity index (χ4n) is 3.74. The van der Waals surface area contributed by atoms with E-state index in [1.165, 1.54) is 5.56 Å². The zero-order valence-corrected chi connectivity index (χ0v) is 18.1. The molecule has 0 saturated carbocycles. The molecule has 0 bridgehead atoms. The predicted octanol–water partition coefficient (Wildman–Crippen LogP) is 4.81. The molecule has 5 rings (SSSR count). The topological polar surface area (TPSA) is 64.6 Å². The molecule has 0 saturated heterocycles. The Bertz CT molecular complexity index is 1270. The molecule has 7 heteroatoms. The molecule has 0 N–H and O–H groups in total. The number of carbonyl (C=O) groups excluding carboxylic acids is 1. The number of nitrogens with zero attached hydrogens (tertiary/aromatic N) is 3. The van der Waals surface area contributed by atoms with Crippen LogP contribution in [-0.4, -0.2) is 22.7 Å². The van der Waals surface area contributed by atoms with Crippen LogP contribution in [0.25, 0.3) is 10.2 Å². The van der Waals surface area contributed by atoms with Crippen molar-refractivity contribution in [2.24, 2.45) is 0 Å².